The lowest BCUT2D eigenvalue weighted by Crippen LogP contribution is -2.40. The molecule has 0 bridgehead atoms. The van der Waals surface area contributed by atoms with Crippen LogP contribution in [0.5, 0.6) is 0 Å². The van der Waals surface area contributed by atoms with Gasteiger partial charge in [-0.3, -0.25) is 0 Å². The summed E-state index contributed by atoms with van der Waals surface area (Å²) in [6, 6.07) is 0. The monoisotopic (exact) mass is 200 g/mol. The highest BCUT2D eigenvalue weighted by molar-refractivity contribution is 4.90. The van der Waals surface area contributed by atoms with Gasteiger partial charge in [-0.15, -0.1) is 0 Å². The summed E-state index contributed by atoms with van der Waals surface area (Å²) >= 11 is 0. The van der Waals surface area contributed by atoms with Crippen molar-refractivity contribution in [2.24, 2.45) is 17.3 Å². The zero-order chi connectivity index (χ0) is 10.6. The van der Waals surface area contributed by atoms with E-state index < -0.39 is 0 Å². The van der Waals surface area contributed by atoms with Crippen LogP contribution in [-0.2, 0) is 0 Å². The van der Waals surface area contributed by atoms with Crippen molar-refractivity contribution in [3.8, 4) is 0 Å². The maximum absolute atomic E-state index is 9.32. The fraction of sp³-hybridized carbons (Fsp3) is 1.00. The van der Waals surface area contributed by atoms with Gasteiger partial charge in [-0.2, -0.15) is 0 Å². The Bertz CT molecular complexity index is 150. The van der Waals surface area contributed by atoms with E-state index in [1.54, 1.807) is 0 Å². The largest absolute Gasteiger partial charge is 0.396 e. The van der Waals surface area contributed by atoms with Crippen LogP contribution >= 0.6 is 0 Å². The van der Waals surface area contributed by atoms with E-state index in [2.05, 4.69) is 13.8 Å². The van der Waals surface area contributed by atoms with Crippen LogP contribution in [0.2, 0.25) is 0 Å². The highest BCUT2D eigenvalue weighted by Gasteiger charge is 2.41. The quantitative estimate of drug-likeness (QED) is 0.730. The van der Waals surface area contributed by atoms with Gasteiger partial charge in [0.2, 0.25) is 0 Å². The van der Waals surface area contributed by atoms with Crippen molar-refractivity contribution >= 4 is 0 Å². The van der Waals surface area contributed by atoms with E-state index in [1.807, 2.05) is 0 Å². The van der Waals surface area contributed by atoms with Crippen molar-refractivity contribution in [1.82, 2.24) is 0 Å². The maximum atomic E-state index is 9.32. The Morgan fingerprint density at radius 1 is 0.929 bits per heavy atom. The Morgan fingerprint density at radius 2 is 1.36 bits per heavy atom. The minimum atomic E-state index is 0.196. The lowest BCUT2D eigenvalue weighted by molar-refractivity contribution is -0.0126. The predicted molar refractivity (Wildman–Crippen MR) is 58.0 cm³/mol. The minimum absolute atomic E-state index is 0.196. The Kier molecular flexibility index (Phi) is 4.39. The molecule has 1 fully saturated rings. The molecular weight excluding hydrogens is 176 g/mol. The lowest BCUT2D eigenvalue weighted by atomic mass is 9.60. The van der Waals surface area contributed by atoms with Gasteiger partial charge in [0.15, 0.2) is 0 Å². The maximum Gasteiger partial charge on any atom is 0.0462 e. The Labute approximate surface area is 87.3 Å². The van der Waals surface area contributed by atoms with E-state index in [4.69, 9.17) is 0 Å². The number of aliphatic hydroxyl groups is 2. The van der Waals surface area contributed by atoms with Crippen LogP contribution < -0.4 is 0 Å². The molecule has 1 aliphatic carbocycles. The molecular formula is C12H24O2. The lowest BCUT2D eigenvalue weighted by Gasteiger charge is -2.46. The van der Waals surface area contributed by atoms with E-state index in [-0.39, 0.29) is 18.6 Å². The molecule has 0 aromatic carbocycles. The number of hydrogen-bond acceptors (Lipinski definition) is 2. The first-order chi connectivity index (χ1) is 6.67. The third kappa shape index (κ3) is 2.12. The molecule has 0 radical (unpaired) electrons. The summed E-state index contributed by atoms with van der Waals surface area (Å²) < 4.78 is 0. The smallest absolute Gasteiger partial charge is 0.0462 e. The second-order valence-electron chi connectivity index (χ2n) is 4.96. The fourth-order valence-corrected chi connectivity index (χ4v) is 3.04. The van der Waals surface area contributed by atoms with E-state index in [0.29, 0.717) is 11.8 Å². The van der Waals surface area contributed by atoms with E-state index >= 15 is 0 Å². The van der Waals surface area contributed by atoms with Crippen molar-refractivity contribution in [3.05, 3.63) is 0 Å². The molecule has 2 heteroatoms. The zero-order valence-corrected chi connectivity index (χ0v) is 9.50. The van der Waals surface area contributed by atoms with Crippen molar-refractivity contribution in [1.29, 1.82) is 0 Å². The molecule has 84 valence electrons. The molecule has 1 rings (SSSR count). The van der Waals surface area contributed by atoms with E-state index in [1.165, 1.54) is 32.1 Å². The summed E-state index contributed by atoms with van der Waals surface area (Å²) in [6.45, 7) is 4.75. The van der Waals surface area contributed by atoms with Crippen LogP contribution in [0.15, 0.2) is 0 Å². The second-order valence-corrected chi connectivity index (χ2v) is 4.96. The van der Waals surface area contributed by atoms with Crippen LogP contribution in [0.1, 0.15) is 46.0 Å². The molecule has 2 unspecified atom stereocenters. The molecule has 0 aromatic rings. The van der Waals surface area contributed by atoms with Gasteiger partial charge < -0.3 is 10.2 Å². The highest BCUT2D eigenvalue weighted by atomic mass is 16.3. The van der Waals surface area contributed by atoms with Crippen LogP contribution in [0.25, 0.3) is 0 Å². The molecule has 0 aliphatic heterocycles. The summed E-state index contributed by atoms with van der Waals surface area (Å²) in [6.07, 6.45) is 6.19. The average Bonchev–Trinajstić information content (AvgIpc) is 2.27. The first kappa shape index (κ1) is 12.0. The fourth-order valence-electron chi connectivity index (χ4n) is 3.04. The SMILES string of the molecule is CC(CO)C1(C(C)CO)CCCCC1. The van der Waals surface area contributed by atoms with Crippen molar-refractivity contribution in [3.63, 3.8) is 0 Å². The molecule has 2 nitrogen and oxygen atoms in total. The van der Waals surface area contributed by atoms with Gasteiger partial charge in [-0.05, 0) is 30.1 Å². The first-order valence-corrected chi connectivity index (χ1v) is 5.89. The summed E-state index contributed by atoms with van der Waals surface area (Å²) in [5, 5.41) is 18.6. The number of rotatable bonds is 4. The minimum Gasteiger partial charge on any atom is -0.396 e. The van der Waals surface area contributed by atoms with Crippen LogP contribution in [0.4, 0.5) is 0 Å². The van der Waals surface area contributed by atoms with Crippen molar-refractivity contribution in [2.75, 3.05) is 13.2 Å². The Balaban J connectivity index is 2.76. The molecule has 2 atom stereocenters. The molecule has 1 aliphatic rings. The van der Waals surface area contributed by atoms with Gasteiger partial charge in [-0.25, -0.2) is 0 Å². The van der Waals surface area contributed by atoms with Gasteiger partial charge in [-0.1, -0.05) is 33.1 Å². The first-order valence-electron chi connectivity index (χ1n) is 5.89. The van der Waals surface area contributed by atoms with E-state index in [9.17, 15) is 10.2 Å². The molecule has 0 aromatic heterocycles. The van der Waals surface area contributed by atoms with Gasteiger partial charge in [0.25, 0.3) is 0 Å². The summed E-state index contributed by atoms with van der Waals surface area (Å²) in [4.78, 5) is 0. The van der Waals surface area contributed by atoms with Crippen LogP contribution in [0.3, 0.4) is 0 Å². The number of hydrogen-bond donors (Lipinski definition) is 2. The summed E-state index contributed by atoms with van der Waals surface area (Å²) in [7, 11) is 0. The molecule has 0 heterocycles. The molecule has 0 spiro atoms. The molecule has 0 amide bonds. The van der Waals surface area contributed by atoms with Crippen molar-refractivity contribution < 1.29 is 10.2 Å². The van der Waals surface area contributed by atoms with Crippen LogP contribution in [0, 0.1) is 17.3 Å². The van der Waals surface area contributed by atoms with Gasteiger partial charge in [0.1, 0.15) is 0 Å². The Hall–Kier alpha value is -0.0800. The Morgan fingerprint density at radius 3 is 1.71 bits per heavy atom. The number of aliphatic hydroxyl groups excluding tert-OH is 2. The van der Waals surface area contributed by atoms with Gasteiger partial charge in [0.05, 0.1) is 0 Å². The van der Waals surface area contributed by atoms with E-state index in [0.717, 1.165) is 0 Å². The third-order valence-corrected chi connectivity index (χ3v) is 4.30. The zero-order valence-electron chi connectivity index (χ0n) is 9.50. The summed E-state index contributed by atoms with van der Waals surface area (Å²) in [5.41, 5.74) is 0.196. The molecule has 14 heavy (non-hydrogen) atoms. The highest BCUT2D eigenvalue weighted by Crippen LogP contribution is 2.47. The topological polar surface area (TPSA) is 40.5 Å². The normalized spacial score (nSPS) is 25.7. The van der Waals surface area contributed by atoms with Crippen LogP contribution in [-0.4, -0.2) is 23.4 Å². The van der Waals surface area contributed by atoms with Gasteiger partial charge in [0, 0.05) is 13.2 Å². The molecule has 2 N–H and O–H groups in total. The van der Waals surface area contributed by atoms with Gasteiger partial charge >= 0.3 is 0 Å². The standard InChI is InChI=1S/C12H24O2/c1-10(8-13)12(11(2)9-14)6-4-3-5-7-12/h10-11,13-14H,3-9H2,1-2H3. The second kappa shape index (κ2) is 5.13. The third-order valence-electron chi connectivity index (χ3n) is 4.30. The predicted octanol–water partition coefficient (Wildman–Crippen LogP) is 2.19. The average molecular weight is 200 g/mol. The van der Waals surface area contributed by atoms with Crippen molar-refractivity contribution in [2.45, 2.75) is 46.0 Å². The summed E-state index contributed by atoms with van der Waals surface area (Å²) in [5.74, 6) is 0.648. The molecule has 0 saturated heterocycles. The molecule has 1 saturated carbocycles.